The van der Waals surface area contributed by atoms with E-state index in [1.807, 2.05) is 18.2 Å². The van der Waals surface area contributed by atoms with Crippen molar-refractivity contribution in [1.82, 2.24) is 9.97 Å². The summed E-state index contributed by atoms with van der Waals surface area (Å²) in [7, 11) is 0. The maximum Gasteiger partial charge on any atom is 0.373 e. The van der Waals surface area contributed by atoms with Crippen molar-refractivity contribution in [2.45, 2.75) is 6.92 Å². The highest BCUT2D eigenvalue weighted by Gasteiger charge is 2.09. The molecule has 108 valence electrons. The maximum absolute atomic E-state index is 11.2. The van der Waals surface area contributed by atoms with Crippen molar-refractivity contribution in [2.24, 2.45) is 0 Å². The molecule has 1 N–H and O–H groups in total. The van der Waals surface area contributed by atoms with E-state index in [9.17, 15) is 9.90 Å². The van der Waals surface area contributed by atoms with E-state index in [4.69, 9.17) is 4.74 Å². The molecule has 0 atom stereocenters. The summed E-state index contributed by atoms with van der Waals surface area (Å²) in [4.78, 5) is 19.2. The summed E-state index contributed by atoms with van der Waals surface area (Å²) in [6.07, 6.45) is 4.03. The molecule has 1 aromatic carbocycles. The molecule has 0 spiro atoms. The lowest BCUT2D eigenvalue weighted by Gasteiger charge is -2.04. The Morgan fingerprint density at radius 2 is 1.86 bits per heavy atom. The molecule has 0 amide bonds. The molecule has 0 bridgehead atoms. The number of benzene rings is 1. The van der Waals surface area contributed by atoms with E-state index in [2.05, 4.69) is 14.7 Å². The number of para-hydroxylation sites is 1. The number of hydrogen-bond acceptors (Lipinski definition) is 6. The highest BCUT2D eigenvalue weighted by atomic mass is 16.5. The zero-order chi connectivity index (χ0) is 15.1. The van der Waals surface area contributed by atoms with Crippen LogP contribution in [0.15, 0.2) is 48.5 Å². The minimum Gasteiger partial charge on any atom is -0.502 e. The average molecular weight is 286 g/mol. The predicted molar refractivity (Wildman–Crippen MR) is 75.8 cm³/mol. The van der Waals surface area contributed by atoms with Gasteiger partial charge >= 0.3 is 5.97 Å². The Morgan fingerprint density at radius 1 is 1.19 bits per heavy atom. The fraction of sp³-hybridized carbons (Fsp3) is 0.133. The summed E-state index contributed by atoms with van der Waals surface area (Å²) in [6, 6.07) is 9.20. The second-order valence-electron chi connectivity index (χ2n) is 3.94. The summed E-state index contributed by atoms with van der Waals surface area (Å²) in [5.74, 6) is -0.0620. The van der Waals surface area contributed by atoms with E-state index in [0.717, 1.165) is 6.08 Å². The standard InChI is InChI=1S/C15H14N2O4/c1-2-20-15(19)13(18)8-14-16-9-12(10-17-14)21-11-6-4-3-5-7-11/h3-10,18H,2H2,1H3/b13-8-. The van der Waals surface area contributed by atoms with Gasteiger partial charge < -0.3 is 14.6 Å². The normalized spacial score (nSPS) is 11.0. The number of hydrogen-bond donors (Lipinski definition) is 1. The summed E-state index contributed by atoms with van der Waals surface area (Å²) in [6.45, 7) is 1.83. The number of carbonyl (C=O) groups excluding carboxylic acids is 1. The Kier molecular flexibility index (Phi) is 4.87. The largest absolute Gasteiger partial charge is 0.502 e. The molecular formula is C15H14N2O4. The molecule has 0 radical (unpaired) electrons. The van der Waals surface area contributed by atoms with E-state index >= 15 is 0 Å². The first kappa shape index (κ1) is 14.5. The van der Waals surface area contributed by atoms with Crippen molar-refractivity contribution in [2.75, 3.05) is 6.61 Å². The molecule has 0 aliphatic carbocycles. The molecule has 6 heteroatoms. The van der Waals surface area contributed by atoms with E-state index in [1.165, 1.54) is 12.4 Å². The first-order valence-corrected chi connectivity index (χ1v) is 6.31. The van der Waals surface area contributed by atoms with Crippen molar-refractivity contribution in [3.05, 3.63) is 54.3 Å². The lowest BCUT2D eigenvalue weighted by Crippen LogP contribution is -2.07. The van der Waals surface area contributed by atoms with Crippen molar-refractivity contribution < 1.29 is 19.4 Å². The molecular weight excluding hydrogens is 272 g/mol. The quantitative estimate of drug-likeness (QED) is 0.517. The van der Waals surface area contributed by atoms with E-state index in [-0.39, 0.29) is 12.4 Å². The SMILES string of the molecule is CCOC(=O)/C(O)=C/c1ncc(Oc2ccccc2)cn1. The Hall–Kier alpha value is -2.89. The second kappa shape index (κ2) is 7.04. The fourth-order valence-corrected chi connectivity index (χ4v) is 1.46. The number of aromatic nitrogens is 2. The van der Waals surface area contributed by atoms with E-state index in [1.54, 1.807) is 19.1 Å². The Morgan fingerprint density at radius 3 is 2.48 bits per heavy atom. The summed E-state index contributed by atoms with van der Waals surface area (Å²) < 4.78 is 10.2. The molecule has 1 aromatic heterocycles. The van der Waals surface area contributed by atoms with Crippen LogP contribution in [-0.2, 0) is 9.53 Å². The molecule has 2 aromatic rings. The molecule has 21 heavy (non-hydrogen) atoms. The van der Waals surface area contributed by atoms with Crippen molar-refractivity contribution in [1.29, 1.82) is 0 Å². The highest BCUT2D eigenvalue weighted by molar-refractivity contribution is 5.90. The van der Waals surface area contributed by atoms with Crippen LogP contribution in [0.3, 0.4) is 0 Å². The Labute approximate surface area is 121 Å². The fourth-order valence-electron chi connectivity index (χ4n) is 1.46. The number of aliphatic hydroxyl groups excluding tert-OH is 1. The summed E-state index contributed by atoms with van der Waals surface area (Å²) >= 11 is 0. The third-order valence-corrected chi connectivity index (χ3v) is 2.38. The van der Waals surface area contributed by atoms with Gasteiger partial charge in [-0.25, -0.2) is 14.8 Å². The molecule has 6 nitrogen and oxygen atoms in total. The second-order valence-corrected chi connectivity index (χ2v) is 3.94. The van der Waals surface area contributed by atoms with Crippen LogP contribution in [0.1, 0.15) is 12.7 Å². The lowest BCUT2D eigenvalue weighted by atomic mass is 10.3. The number of carbonyl (C=O) groups is 1. The van der Waals surface area contributed by atoms with Crippen LogP contribution >= 0.6 is 0 Å². The predicted octanol–water partition coefficient (Wildman–Crippen LogP) is 2.73. The van der Waals surface area contributed by atoms with Crippen LogP contribution in [0.4, 0.5) is 0 Å². The van der Waals surface area contributed by atoms with Crippen LogP contribution < -0.4 is 4.74 Å². The van der Waals surface area contributed by atoms with Crippen LogP contribution in [0.2, 0.25) is 0 Å². The smallest absolute Gasteiger partial charge is 0.373 e. The van der Waals surface area contributed by atoms with Gasteiger partial charge in [0, 0.05) is 6.08 Å². The third-order valence-electron chi connectivity index (χ3n) is 2.38. The van der Waals surface area contributed by atoms with Crippen LogP contribution in [0.5, 0.6) is 11.5 Å². The topological polar surface area (TPSA) is 81.5 Å². The van der Waals surface area contributed by atoms with Crippen LogP contribution in [-0.4, -0.2) is 27.7 Å². The summed E-state index contributed by atoms with van der Waals surface area (Å²) in [5.41, 5.74) is 0. The molecule has 0 saturated heterocycles. The number of nitrogens with zero attached hydrogens (tertiary/aromatic N) is 2. The van der Waals surface area contributed by atoms with Gasteiger partial charge in [0.25, 0.3) is 0 Å². The van der Waals surface area contributed by atoms with Gasteiger partial charge in [-0.2, -0.15) is 0 Å². The van der Waals surface area contributed by atoms with Gasteiger partial charge in [-0.15, -0.1) is 0 Å². The van der Waals surface area contributed by atoms with Gasteiger partial charge in [0.2, 0.25) is 5.76 Å². The van der Waals surface area contributed by atoms with Crippen molar-refractivity contribution in [3.63, 3.8) is 0 Å². The average Bonchev–Trinajstić information content (AvgIpc) is 2.50. The van der Waals surface area contributed by atoms with Gasteiger partial charge in [0.05, 0.1) is 19.0 Å². The van der Waals surface area contributed by atoms with Crippen molar-refractivity contribution in [3.8, 4) is 11.5 Å². The zero-order valence-electron chi connectivity index (χ0n) is 11.4. The number of aliphatic hydroxyl groups is 1. The van der Waals surface area contributed by atoms with Crippen LogP contribution in [0, 0.1) is 0 Å². The van der Waals surface area contributed by atoms with E-state index < -0.39 is 11.7 Å². The van der Waals surface area contributed by atoms with Gasteiger partial charge in [-0.05, 0) is 19.1 Å². The first-order valence-electron chi connectivity index (χ1n) is 6.31. The number of ether oxygens (including phenoxy) is 2. The number of esters is 1. The third kappa shape index (κ3) is 4.31. The Balaban J connectivity index is 2.05. The molecule has 0 aliphatic rings. The van der Waals surface area contributed by atoms with Crippen molar-refractivity contribution >= 4 is 12.0 Å². The van der Waals surface area contributed by atoms with Gasteiger partial charge in [-0.3, -0.25) is 0 Å². The molecule has 0 aliphatic heterocycles. The highest BCUT2D eigenvalue weighted by Crippen LogP contribution is 2.19. The molecule has 1 heterocycles. The first-order chi connectivity index (χ1) is 10.2. The van der Waals surface area contributed by atoms with Gasteiger partial charge in [-0.1, -0.05) is 18.2 Å². The molecule has 2 rings (SSSR count). The number of rotatable bonds is 5. The molecule has 0 unspecified atom stereocenters. The lowest BCUT2D eigenvalue weighted by molar-refractivity contribution is -0.141. The zero-order valence-corrected chi connectivity index (χ0v) is 11.4. The minimum absolute atomic E-state index is 0.181. The maximum atomic E-state index is 11.2. The van der Waals surface area contributed by atoms with Gasteiger partial charge in [0.15, 0.2) is 11.6 Å². The monoisotopic (exact) mass is 286 g/mol. The Bertz CT molecular complexity index is 624. The molecule has 0 fully saturated rings. The molecule has 0 saturated carbocycles. The minimum atomic E-state index is -0.814. The summed E-state index contributed by atoms with van der Waals surface area (Å²) in [5, 5.41) is 9.48. The van der Waals surface area contributed by atoms with E-state index in [0.29, 0.717) is 11.5 Å². The van der Waals surface area contributed by atoms with Crippen LogP contribution in [0.25, 0.3) is 6.08 Å². The van der Waals surface area contributed by atoms with Gasteiger partial charge in [0.1, 0.15) is 5.75 Å².